The molecule has 28 heavy (non-hydrogen) atoms. The summed E-state index contributed by atoms with van der Waals surface area (Å²) in [5.74, 6) is -0.247. The highest BCUT2D eigenvalue weighted by molar-refractivity contribution is 7.99. The van der Waals surface area contributed by atoms with E-state index in [2.05, 4.69) is 16.4 Å². The van der Waals surface area contributed by atoms with Crippen LogP contribution in [0.15, 0.2) is 53.9 Å². The minimum Gasteiger partial charge on any atom is -0.324 e. The van der Waals surface area contributed by atoms with Gasteiger partial charge in [-0.15, -0.1) is 0 Å². The van der Waals surface area contributed by atoms with Crippen molar-refractivity contribution in [3.05, 3.63) is 75.1 Å². The number of nitrogens with one attached hydrogen (secondary N) is 1. The lowest BCUT2D eigenvalue weighted by molar-refractivity contribution is -0.384. The van der Waals surface area contributed by atoms with E-state index < -0.39 is 4.92 Å². The Balaban J connectivity index is 1.69. The Bertz CT molecular complexity index is 1050. The Morgan fingerprint density at radius 3 is 2.75 bits per heavy atom. The van der Waals surface area contributed by atoms with Crippen molar-refractivity contribution in [2.45, 2.75) is 19.0 Å². The predicted molar refractivity (Wildman–Crippen MR) is 110 cm³/mol. The number of aromatic nitrogens is 2. The molecule has 1 aromatic heterocycles. The van der Waals surface area contributed by atoms with Crippen LogP contribution in [0.5, 0.6) is 0 Å². The van der Waals surface area contributed by atoms with Gasteiger partial charge in [-0.05, 0) is 43.2 Å². The normalized spacial score (nSPS) is 10.7. The number of nitrogens with zero attached hydrogens (tertiary/aromatic N) is 3. The number of carbonyl (C=O) groups excluding carboxylic acids is 1. The van der Waals surface area contributed by atoms with Crippen molar-refractivity contribution in [2.75, 3.05) is 11.1 Å². The first-order valence-corrected chi connectivity index (χ1v) is 9.69. The number of aryl methyl sites for hydroxylation is 2. The van der Waals surface area contributed by atoms with Crippen molar-refractivity contribution in [1.29, 1.82) is 0 Å². The van der Waals surface area contributed by atoms with Gasteiger partial charge in [-0.1, -0.05) is 29.4 Å². The van der Waals surface area contributed by atoms with E-state index in [-0.39, 0.29) is 28.1 Å². The zero-order chi connectivity index (χ0) is 20.3. The van der Waals surface area contributed by atoms with Crippen LogP contribution in [0.1, 0.15) is 11.1 Å². The van der Waals surface area contributed by atoms with E-state index in [0.717, 1.165) is 5.69 Å². The number of hydrogen-bond acceptors (Lipinski definition) is 5. The first-order valence-electron chi connectivity index (χ1n) is 8.32. The van der Waals surface area contributed by atoms with Gasteiger partial charge in [-0.3, -0.25) is 19.5 Å². The second-order valence-corrected chi connectivity index (χ2v) is 7.46. The van der Waals surface area contributed by atoms with Crippen LogP contribution >= 0.6 is 23.4 Å². The summed E-state index contributed by atoms with van der Waals surface area (Å²) in [4.78, 5) is 26.9. The van der Waals surface area contributed by atoms with Crippen LogP contribution < -0.4 is 5.32 Å². The van der Waals surface area contributed by atoms with E-state index in [4.69, 9.17) is 11.6 Å². The van der Waals surface area contributed by atoms with Gasteiger partial charge in [0.15, 0.2) is 5.16 Å². The summed E-state index contributed by atoms with van der Waals surface area (Å²) >= 11 is 7.28. The molecular formula is C19H17ClN4O3S. The average molecular weight is 417 g/mol. The third kappa shape index (κ3) is 4.52. The molecule has 1 heterocycles. The van der Waals surface area contributed by atoms with Gasteiger partial charge in [0, 0.05) is 30.2 Å². The van der Waals surface area contributed by atoms with Crippen LogP contribution in [0.2, 0.25) is 5.02 Å². The zero-order valence-electron chi connectivity index (χ0n) is 15.2. The lowest BCUT2D eigenvalue weighted by Gasteiger charge is -2.10. The number of benzene rings is 2. The summed E-state index contributed by atoms with van der Waals surface area (Å²) in [5, 5.41) is 14.4. The number of thioether (sulfide) groups is 1. The van der Waals surface area contributed by atoms with Crippen LogP contribution in [0, 0.1) is 24.0 Å². The van der Waals surface area contributed by atoms with Crippen molar-refractivity contribution >= 4 is 40.6 Å². The van der Waals surface area contributed by atoms with Crippen LogP contribution in [-0.2, 0) is 4.79 Å². The lowest BCUT2D eigenvalue weighted by Crippen LogP contribution is -2.15. The summed E-state index contributed by atoms with van der Waals surface area (Å²) < 4.78 is 1.91. The molecule has 3 rings (SSSR count). The summed E-state index contributed by atoms with van der Waals surface area (Å²) in [5.41, 5.74) is 3.40. The van der Waals surface area contributed by atoms with Crippen LogP contribution in [-0.4, -0.2) is 26.1 Å². The van der Waals surface area contributed by atoms with Crippen molar-refractivity contribution in [1.82, 2.24) is 9.55 Å². The molecule has 0 saturated heterocycles. The molecule has 0 aliphatic rings. The average Bonchev–Trinajstić information content (AvgIpc) is 3.12. The largest absolute Gasteiger partial charge is 0.324 e. The smallest absolute Gasteiger partial charge is 0.271 e. The number of anilines is 1. The quantitative estimate of drug-likeness (QED) is 0.354. The van der Waals surface area contributed by atoms with E-state index in [0.29, 0.717) is 5.16 Å². The maximum Gasteiger partial charge on any atom is 0.271 e. The molecular weight excluding hydrogens is 400 g/mol. The maximum absolute atomic E-state index is 12.3. The third-order valence-corrected chi connectivity index (χ3v) is 5.44. The number of hydrogen-bond donors (Lipinski definition) is 1. The van der Waals surface area contributed by atoms with Gasteiger partial charge in [-0.25, -0.2) is 4.98 Å². The van der Waals surface area contributed by atoms with Crippen LogP contribution in [0.3, 0.4) is 0 Å². The number of rotatable bonds is 6. The number of imidazole rings is 1. The number of nitro benzene ring substituents is 1. The molecule has 1 N–H and O–H groups in total. The Kier molecular flexibility index (Phi) is 6.01. The Morgan fingerprint density at radius 2 is 2.04 bits per heavy atom. The van der Waals surface area contributed by atoms with E-state index in [1.807, 2.05) is 36.7 Å². The molecule has 0 fully saturated rings. The number of non-ortho nitro benzene ring substituents is 1. The van der Waals surface area contributed by atoms with Crippen molar-refractivity contribution < 1.29 is 9.72 Å². The maximum atomic E-state index is 12.3. The number of amides is 1. The van der Waals surface area contributed by atoms with E-state index in [9.17, 15) is 14.9 Å². The number of halogens is 1. The molecule has 3 aromatic rings. The molecule has 0 saturated carbocycles. The van der Waals surface area contributed by atoms with Gasteiger partial charge in [0.1, 0.15) is 0 Å². The summed E-state index contributed by atoms with van der Waals surface area (Å²) in [6, 6.07) is 10.0. The molecule has 0 atom stereocenters. The number of carbonyl (C=O) groups is 1. The Morgan fingerprint density at radius 1 is 1.25 bits per heavy atom. The topological polar surface area (TPSA) is 90.1 Å². The Labute approximate surface area is 170 Å². The van der Waals surface area contributed by atoms with Gasteiger partial charge in [-0.2, -0.15) is 0 Å². The fourth-order valence-electron chi connectivity index (χ4n) is 2.51. The van der Waals surface area contributed by atoms with Crippen molar-refractivity contribution in [2.24, 2.45) is 0 Å². The summed E-state index contributed by atoms with van der Waals surface area (Å²) in [6.45, 7) is 4.09. The van der Waals surface area contributed by atoms with Crippen molar-refractivity contribution in [3.8, 4) is 5.69 Å². The highest BCUT2D eigenvalue weighted by Crippen LogP contribution is 2.27. The molecule has 144 valence electrons. The second kappa shape index (κ2) is 8.45. The molecule has 0 bridgehead atoms. The molecule has 9 heteroatoms. The number of nitro groups is 1. The van der Waals surface area contributed by atoms with Crippen molar-refractivity contribution in [3.63, 3.8) is 0 Å². The van der Waals surface area contributed by atoms with Gasteiger partial charge >= 0.3 is 0 Å². The summed E-state index contributed by atoms with van der Waals surface area (Å²) in [6.07, 6.45) is 3.51. The fourth-order valence-corrected chi connectivity index (χ4v) is 3.45. The molecule has 1 amide bonds. The molecule has 0 unspecified atom stereocenters. The molecule has 0 radical (unpaired) electrons. The molecule has 0 aliphatic heterocycles. The van der Waals surface area contributed by atoms with Crippen LogP contribution in [0.25, 0.3) is 5.69 Å². The molecule has 0 spiro atoms. The SMILES string of the molecule is Cc1ccc(-n2ccnc2SCC(=O)Nc2cc([N+](=O)[O-])ccc2Cl)cc1C. The van der Waals surface area contributed by atoms with E-state index >= 15 is 0 Å². The van der Waals surface area contributed by atoms with E-state index in [1.54, 1.807) is 6.20 Å². The Hall–Kier alpha value is -2.84. The molecule has 7 nitrogen and oxygen atoms in total. The van der Waals surface area contributed by atoms with E-state index in [1.165, 1.54) is 41.1 Å². The standard InChI is InChI=1S/C19H17ClN4O3S/c1-12-3-4-14(9-13(12)2)23-8-7-21-19(23)28-11-18(25)22-17-10-15(24(26)27)5-6-16(17)20/h3-10H,11H2,1-2H3,(H,22,25). The molecule has 2 aromatic carbocycles. The van der Waals surface area contributed by atoms with Gasteiger partial charge in [0.05, 0.1) is 21.4 Å². The second-order valence-electron chi connectivity index (χ2n) is 6.11. The monoisotopic (exact) mass is 416 g/mol. The minimum absolute atomic E-state index is 0.0842. The highest BCUT2D eigenvalue weighted by Gasteiger charge is 2.14. The predicted octanol–water partition coefficient (Wildman–Crippen LogP) is 4.78. The zero-order valence-corrected chi connectivity index (χ0v) is 16.8. The summed E-state index contributed by atoms with van der Waals surface area (Å²) in [7, 11) is 0. The first kappa shape index (κ1) is 19.9. The fraction of sp³-hybridized carbons (Fsp3) is 0.158. The lowest BCUT2D eigenvalue weighted by atomic mass is 10.1. The third-order valence-electron chi connectivity index (χ3n) is 4.14. The van der Waals surface area contributed by atoms with Crippen LogP contribution in [0.4, 0.5) is 11.4 Å². The van der Waals surface area contributed by atoms with Gasteiger partial charge in [0.2, 0.25) is 5.91 Å². The first-order chi connectivity index (χ1) is 13.3. The van der Waals surface area contributed by atoms with Gasteiger partial charge in [0.25, 0.3) is 5.69 Å². The van der Waals surface area contributed by atoms with Gasteiger partial charge < -0.3 is 5.32 Å². The minimum atomic E-state index is -0.541. The molecule has 0 aliphatic carbocycles. The highest BCUT2D eigenvalue weighted by atomic mass is 35.5.